The summed E-state index contributed by atoms with van der Waals surface area (Å²) in [5, 5.41) is 0.391. The molecule has 0 aliphatic heterocycles. The normalized spacial score (nSPS) is 12.9. The van der Waals surface area contributed by atoms with Crippen LogP contribution in [-0.2, 0) is 9.53 Å². The molecule has 1 atom stereocenters. The van der Waals surface area contributed by atoms with Gasteiger partial charge in [0.25, 0.3) is 0 Å². The Kier molecular flexibility index (Phi) is 4.09. The van der Waals surface area contributed by atoms with E-state index in [-0.39, 0.29) is 18.5 Å². The first kappa shape index (κ1) is 14.5. The highest BCUT2D eigenvalue weighted by atomic mass is 19.1. The third-order valence-electron chi connectivity index (χ3n) is 3.27. The highest BCUT2D eigenvalue weighted by Crippen LogP contribution is 2.30. The minimum atomic E-state index is -0.977. The second-order valence-corrected chi connectivity index (χ2v) is 4.95. The summed E-state index contributed by atoms with van der Waals surface area (Å²) in [5.74, 6) is -0.921. The number of benzene rings is 1. The van der Waals surface area contributed by atoms with Gasteiger partial charge < -0.3 is 15.0 Å². The first-order valence-corrected chi connectivity index (χ1v) is 6.68. The smallest absolute Gasteiger partial charge is 0.327 e. The second-order valence-electron chi connectivity index (χ2n) is 4.95. The summed E-state index contributed by atoms with van der Waals surface area (Å²) in [6, 6.07) is 4.00. The number of aromatic nitrogens is 1. The number of nitrogens with zero attached hydrogens (tertiary/aromatic N) is 1. The molecule has 0 aliphatic carbocycles. The predicted octanol–water partition coefficient (Wildman–Crippen LogP) is 2.92. The highest BCUT2D eigenvalue weighted by Gasteiger charge is 2.24. The molecule has 0 spiro atoms. The molecule has 5 heteroatoms. The summed E-state index contributed by atoms with van der Waals surface area (Å²) in [6.07, 6.45) is 1.74. The minimum Gasteiger partial charge on any atom is -0.465 e. The van der Waals surface area contributed by atoms with Crippen LogP contribution in [0.15, 0.2) is 24.4 Å². The van der Waals surface area contributed by atoms with Crippen molar-refractivity contribution < 1.29 is 13.9 Å². The van der Waals surface area contributed by atoms with Crippen LogP contribution in [0.4, 0.5) is 4.39 Å². The van der Waals surface area contributed by atoms with Gasteiger partial charge in [0.05, 0.1) is 12.1 Å². The Balaban J connectivity index is 2.61. The van der Waals surface area contributed by atoms with E-state index in [1.165, 1.54) is 6.07 Å². The van der Waals surface area contributed by atoms with Crippen LogP contribution in [0.5, 0.6) is 0 Å². The maximum absolute atomic E-state index is 14.1. The van der Waals surface area contributed by atoms with Crippen LogP contribution in [0, 0.1) is 5.82 Å². The fourth-order valence-electron chi connectivity index (χ4n) is 2.32. The van der Waals surface area contributed by atoms with Gasteiger partial charge in [-0.25, -0.2) is 9.18 Å². The lowest BCUT2D eigenvalue weighted by Crippen LogP contribution is -2.23. The van der Waals surface area contributed by atoms with Gasteiger partial charge in [-0.1, -0.05) is 6.07 Å². The Labute approximate surface area is 117 Å². The average molecular weight is 278 g/mol. The SMILES string of the molecule is CCOC(=O)C(N)c1cn(C(C)C)c2cccc(F)c12. The van der Waals surface area contributed by atoms with Crippen molar-refractivity contribution in [2.24, 2.45) is 5.73 Å². The van der Waals surface area contributed by atoms with E-state index in [2.05, 4.69) is 0 Å². The number of hydrogen-bond donors (Lipinski definition) is 1. The molecule has 0 saturated carbocycles. The Hall–Kier alpha value is -1.88. The van der Waals surface area contributed by atoms with Gasteiger partial charge in [-0.2, -0.15) is 0 Å². The van der Waals surface area contributed by atoms with Crippen molar-refractivity contribution in [3.63, 3.8) is 0 Å². The summed E-state index contributed by atoms with van der Waals surface area (Å²) in [5.41, 5.74) is 7.11. The topological polar surface area (TPSA) is 57.2 Å². The van der Waals surface area contributed by atoms with E-state index >= 15 is 0 Å². The fraction of sp³-hybridized carbons (Fsp3) is 0.400. The van der Waals surface area contributed by atoms with Gasteiger partial charge >= 0.3 is 5.97 Å². The highest BCUT2D eigenvalue weighted by molar-refractivity contribution is 5.90. The van der Waals surface area contributed by atoms with E-state index < -0.39 is 12.0 Å². The molecule has 4 nitrogen and oxygen atoms in total. The predicted molar refractivity (Wildman–Crippen MR) is 75.8 cm³/mol. The van der Waals surface area contributed by atoms with Crippen molar-refractivity contribution in [1.29, 1.82) is 0 Å². The van der Waals surface area contributed by atoms with Crippen molar-refractivity contribution in [2.45, 2.75) is 32.9 Å². The number of ether oxygens (including phenoxy) is 1. The maximum Gasteiger partial charge on any atom is 0.327 e. The number of carbonyl (C=O) groups excluding carboxylic acids is 1. The van der Waals surface area contributed by atoms with Crippen LogP contribution in [-0.4, -0.2) is 17.1 Å². The molecule has 2 N–H and O–H groups in total. The lowest BCUT2D eigenvalue weighted by molar-refractivity contribution is -0.144. The largest absolute Gasteiger partial charge is 0.465 e. The number of hydrogen-bond acceptors (Lipinski definition) is 3. The molecule has 0 saturated heterocycles. The van der Waals surface area contributed by atoms with Crippen LogP contribution in [0.2, 0.25) is 0 Å². The first-order chi connectivity index (χ1) is 9.47. The molecule has 0 aliphatic rings. The third-order valence-corrected chi connectivity index (χ3v) is 3.27. The lowest BCUT2D eigenvalue weighted by Gasteiger charge is -2.10. The molecule has 1 heterocycles. The van der Waals surface area contributed by atoms with E-state index in [4.69, 9.17) is 10.5 Å². The summed E-state index contributed by atoms with van der Waals surface area (Å²) in [6.45, 7) is 5.94. The van der Waals surface area contributed by atoms with Gasteiger partial charge in [-0.15, -0.1) is 0 Å². The molecule has 108 valence electrons. The zero-order valence-electron chi connectivity index (χ0n) is 11.9. The number of carbonyl (C=O) groups is 1. The number of halogens is 1. The Morgan fingerprint density at radius 2 is 2.15 bits per heavy atom. The monoisotopic (exact) mass is 278 g/mol. The van der Waals surface area contributed by atoms with E-state index in [1.807, 2.05) is 24.5 Å². The summed E-state index contributed by atoms with van der Waals surface area (Å²) >= 11 is 0. The van der Waals surface area contributed by atoms with Gasteiger partial charge in [0.2, 0.25) is 0 Å². The second kappa shape index (κ2) is 5.63. The van der Waals surface area contributed by atoms with Crippen LogP contribution < -0.4 is 5.73 Å². The van der Waals surface area contributed by atoms with Crippen molar-refractivity contribution >= 4 is 16.9 Å². The zero-order chi connectivity index (χ0) is 14.9. The van der Waals surface area contributed by atoms with Gasteiger partial charge in [-0.05, 0) is 32.9 Å². The molecular formula is C15H19FN2O2. The molecule has 1 unspecified atom stereocenters. The van der Waals surface area contributed by atoms with Crippen molar-refractivity contribution in [1.82, 2.24) is 4.57 Å². The maximum atomic E-state index is 14.1. The summed E-state index contributed by atoms with van der Waals surface area (Å²) in [4.78, 5) is 11.8. The fourth-order valence-corrected chi connectivity index (χ4v) is 2.32. The standard InChI is InChI=1S/C15H19FN2O2/c1-4-20-15(19)14(17)10-8-18(9(2)3)12-7-5-6-11(16)13(10)12/h5-9,14H,4,17H2,1-3H3. The van der Waals surface area contributed by atoms with Gasteiger partial charge in [-0.3, -0.25) is 0 Å². The molecule has 0 radical (unpaired) electrons. The van der Waals surface area contributed by atoms with Crippen molar-refractivity contribution in [3.8, 4) is 0 Å². The lowest BCUT2D eigenvalue weighted by atomic mass is 10.1. The number of fused-ring (bicyclic) bond motifs is 1. The van der Waals surface area contributed by atoms with E-state index in [1.54, 1.807) is 19.2 Å². The van der Waals surface area contributed by atoms with Crippen LogP contribution in [0.3, 0.4) is 0 Å². The number of rotatable bonds is 4. The number of nitrogens with two attached hydrogens (primary N) is 1. The van der Waals surface area contributed by atoms with Crippen LogP contribution in [0.1, 0.15) is 38.4 Å². The van der Waals surface area contributed by atoms with Crippen LogP contribution >= 0.6 is 0 Å². The molecule has 0 bridgehead atoms. The summed E-state index contributed by atoms with van der Waals surface area (Å²) < 4.78 is 20.9. The van der Waals surface area contributed by atoms with E-state index in [0.29, 0.717) is 10.9 Å². The van der Waals surface area contributed by atoms with Gasteiger partial charge in [0.15, 0.2) is 0 Å². The molecule has 2 aromatic rings. The Morgan fingerprint density at radius 3 is 2.75 bits per heavy atom. The van der Waals surface area contributed by atoms with E-state index in [9.17, 15) is 9.18 Å². The summed E-state index contributed by atoms with van der Waals surface area (Å²) in [7, 11) is 0. The molecule has 0 fully saturated rings. The van der Waals surface area contributed by atoms with E-state index in [0.717, 1.165) is 5.52 Å². The van der Waals surface area contributed by atoms with Gasteiger partial charge in [0.1, 0.15) is 11.9 Å². The third kappa shape index (κ3) is 2.41. The molecule has 0 amide bonds. The quantitative estimate of drug-likeness (QED) is 0.875. The Bertz CT molecular complexity index is 634. The number of esters is 1. The molecule has 2 rings (SSSR count). The average Bonchev–Trinajstić information content (AvgIpc) is 2.79. The van der Waals surface area contributed by atoms with Crippen molar-refractivity contribution in [3.05, 3.63) is 35.8 Å². The molecular weight excluding hydrogens is 259 g/mol. The first-order valence-electron chi connectivity index (χ1n) is 6.68. The van der Waals surface area contributed by atoms with Gasteiger partial charge in [0, 0.05) is 23.2 Å². The molecule has 1 aromatic heterocycles. The minimum absolute atomic E-state index is 0.141. The van der Waals surface area contributed by atoms with Crippen LogP contribution in [0.25, 0.3) is 10.9 Å². The molecule has 1 aromatic carbocycles. The molecule has 20 heavy (non-hydrogen) atoms. The zero-order valence-corrected chi connectivity index (χ0v) is 11.9. The van der Waals surface area contributed by atoms with Crippen molar-refractivity contribution in [2.75, 3.05) is 6.61 Å². The Morgan fingerprint density at radius 1 is 1.45 bits per heavy atom.